The summed E-state index contributed by atoms with van der Waals surface area (Å²) in [6.07, 6.45) is 0. The Morgan fingerprint density at radius 3 is 1.61 bits per heavy atom. The maximum Gasteiger partial charge on any atom is 0.227 e. The van der Waals surface area contributed by atoms with Crippen LogP contribution in [0.2, 0.25) is 0 Å². The molecule has 0 bridgehead atoms. The molecule has 0 saturated carbocycles. The molecule has 10 aromatic rings. The molecule has 2 heterocycles. The van der Waals surface area contributed by atoms with Crippen molar-refractivity contribution in [2.45, 2.75) is 0 Å². The van der Waals surface area contributed by atoms with E-state index in [0.717, 1.165) is 65.7 Å². The maximum atomic E-state index is 6.05. The van der Waals surface area contributed by atoms with Gasteiger partial charge in [-0.05, 0) is 85.9 Å². The Kier molecular flexibility index (Phi) is 6.74. The van der Waals surface area contributed by atoms with Gasteiger partial charge in [-0.2, -0.15) is 0 Å². The van der Waals surface area contributed by atoms with Crippen molar-refractivity contribution in [1.82, 2.24) is 19.9 Å². The Bertz CT molecular complexity index is 2890. The molecule has 0 amide bonds. The van der Waals surface area contributed by atoms with Gasteiger partial charge in [0.2, 0.25) is 5.89 Å². The minimum Gasteiger partial charge on any atom is -0.436 e. The van der Waals surface area contributed by atoms with E-state index in [2.05, 4.69) is 140 Å². The number of oxazole rings is 1. The van der Waals surface area contributed by atoms with E-state index in [1.165, 1.54) is 11.1 Å². The molecular formula is C46H28N4O. The minimum absolute atomic E-state index is 0.607. The minimum atomic E-state index is 0.607. The number of hydrogen-bond donors (Lipinski definition) is 0. The van der Waals surface area contributed by atoms with Crippen LogP contribution in [0.3, 0.4) is 0 Å². The molecule has 5 heteroatoms. The van der Waals surface area contributed by atoms with Gasteiger partial charge < -0.3 is 4.42 Å². The lowest BCUT2D eigenvalue weighted by molar-refractivity contribution is 0.620. The first kappa shape index (κ1) is 29.0. The largest absolute Gasteiger partial charge is 0.436 e. The topological polar surface area (TPSA) is 64.7 Å². The molecule has 5 nitrogen and oxygen atoms in total. The molecule has 0 fully saturated rings. The van der Waals surface area contributed by atoms with Crippen LogP contribution >= 0.6 is 0 Å². The number of benzene rings is 8. The lowest BCUT2D eigenvalue weighted by Crippen LogP contribution is -2.00. The molecule has 0 aliphatic carbocycles. The molecule has 0 saturated heterocycles. The molecule has 0 aliphatic rings. The fraction of sp³-hybridized carbons (Fsp3) is 0. The second-order valence-corrected chi connectivity index (χ2v) is 12.7. The highest BCUT2D eigenvalue weighted by molar-refractivity contribution is 5.96. The summed E-state index contributed by atoms with van der Waals surface area (Å²) in [4.78, 5) is 20.0. The molecule has 0 unspecified atom stereocenters. The SMILES string of the molecule is c1ccc(-c2ccc3cc(-c4nc(-c5ccc6cc(-c7nc8ccccc8o7)ccc6c5)nc(-c5cccc6ccccc56)n4)ccc3c2)cc1. The van der Waals surface area contributed by atoms with Crippen molar-refractivity contribution in [3.63, 3.8) is 0 Å². The molecule has 51 heavy (non-hydrogen) atoms. The van der Waals surface area contributed by atoms with Crippen LogP contribution < -0.4 is 0 Å². The molecule has 0 aliphatic heterocycles. The summed E-state index contributed by atoms with van der Waals surface area (Å²) in [5.41, 5.74) is 7.75. The number of para-hydroxylation sites is 2. The van der Waals surface area contributed by atoms with E-state index in [0.29, 0.717) is 23.4 Å². The van der Waals surface area contributed by atoms with Crippen LogP contribution in [0.15, 0.2) is 174 Å². The summed E-state index contributed by atoms with van der Waals surface area (Å²) in [6.45, 7) is 0. The van der Waals surface area contributed by atoms with Gasteiger partial charge in [0.25, 0.3) is 0 Å². The van der Waals surface area contributed by atoms with E-state index >= 15 is 0 Å². The van der Waals surface area contributed by atoms with Crippen molar-refractivity contribution >= 4 is 43.4 Å². The van der Waals surface area contributed by atoms with Gasteiger partial charge in [0.15, 0.2) is 23.1 Å². The van der Waals surface area contributed by atoms with Gasteiger partial charge in [0.1, 0.15) is 5.52 Å². The van der Waals surface area contributed by atoms with E-state index in [9.17, 15) is 0 Å². The van der Waals surface area contributed by atoms with E-state index in [1.807, 2.05) is 30.3 Å². The molecule has 8 aromatic carbocycles. The Morgan fingerprint density at radius 2 is 0.882 bits per heavy atom. The summed E-state index contributed by atoms with van der Waals surface area (Å²) in [6, 6.07) is 58.5. The standard InChI is InChI=1S/C46H28N4O/c1-2-9-29(10-3-1)31-17-18-33-26-36(22-19-32(33)25-31)43-48-44(50-45(49-43)40-14-8-12-30-11-4-5-13-39(30)40)37-23-20-35-28-38(24-21-34(35)27-37)46-47-41-15-6-7-16-42(41)51-46/h1-28H. The zero-order valence-electron chi connectivity index (χ0n) is 27.4. The normalized spacial score (nSPS) is 11.5. The van der Waals surface area contributed by atoms with Gasteiger partial charge in [0, 0.05) is 22.3 Å². The third-order valence-corrected chi connectivity index (χ3v) is 9.51. The summed E-state index contributed by atoms with van der Waals surface area (Å²) < 4.78 is 6.05. The third kappa shape index (κ3) is 5.29. The van der Waals surface area contributed by atoms with Gasteiger partial charge in [0.05, 0.1) is 0 Å². The van der Waals surface area contributed by atoms with Crippen LogP contribution in [-0.2, 0) is 0 Å². The lowest BCUT2D eigenvalue weighted by atomic mass is 9.99. The van der Waals surface area contributed by atoms with Crippen molar-refractivity contribution in [3.05, 3.63) is 170 Å². The number of rotatable bonds is 5. The van der Waals surface area contributed by atoms with Gasteiger partial charge in [-0.15, -0.1) is 0 Å². The smallest absolute Gasteiger partial charge is 0.227 e. The third-order valence-electron chi connectivity index (χ3n) is 9.51. The van der Waals surface area contributed by atoms with Crippen LogP contribution in [0.25, 0.3) is 100 Å². The predicted molar refractivity (Wildman–Crippen MR) is 207 cm³/mol. The van der Waals surface area contributed by atoms with Crippen LogP contribution in [-0.4, -0.2) is 19.9 Å². The second kappa shape index (κ2) is 11.9. The highest BCUT2D eigenvalue weighted by Gasteiger charge is 2.16. The molecule has 0 spiro atoms. The molecule has 0 N–H and O–H groups in total. The fourth-order valence-electron chi connectivity index (χ4n) is 6.88. The first-order chi connectivity index (χ1) is 25.2. The molecule has 10 rings (SSSR count). The van der Waals surface area contributed by atoms with Crippen molar-refractivity contribution < 1.29 is 4.42 Å². The van der Waals surface area contributed by atoms with Gasteiger partial charge in [-0.25, -0.2) is 19.9 Å². The highest BCUT2D eigenvalue weighted by Crippen LogP contribution is 2.34. The van der Waals surface area contributed by atoms with Crippen LogP contribution in [0.4, 0.5) is 0 Å². The van der Waals surface area contributed by atoms with Crippen molar-refractivity contribution in [3.8, 4) is 56.7 Å². The second-order valence-electron chi connectivity index (χ2n) is 12.7. The molecule has 238 valence electrons. The summed E-state index contributed by atoms with van der Waals surface area (Å²) in [5.74, 6) is 2.49. The Balaban J connectivity index is 1.09. The van der Waals surface area contributed by atoms with Gasteiger partial charge >= 0.3 is 0 Å². The number of fused-ring (bicyclic) bond motifs is 4. The van der Waals surface area contributed by atoms with E-state index in [1.54, 1.807) is 0 Å². The first-order valence-electron chi connectivity index (χ1n) is 17.0. The molecule has 2 aromatic heterocycles. The first-order valence-corrected chi connectivity index (χ1v) is 17.0. The van der Waals surface area contributed by atoms with Crippen LogP contribution in [0.1, 0.15) is 0 Å². The molecular weight excluding hydrogens is 625 g/mol. The van der Waals surface area contributed by atoms with Crippen molar-refractivity contribution in [2.24, 2.45) is 0 Å². The highest BCUT2D eigenvalue weighted by atomic mass is 16.3. The van der Waals surface area contributed by atoms with E-state index < -0.39 is 0 Å². The molecule has 0 atom stereocenters. The number of hydrogen-bond acceptors (Lipinski definition) is 5. The monoisotopic (exact) mass is 652 g/mol. The summed E-state index contributed by atoms with van der Waals surface area (Å²) in [5, 5.41) is 6.67. The number of nitrogens with zero attached hydrogens (tertiary/aromatic N) is 4. The molecule has 0 radical (unpaired) electrons. The average Bonchev–Trinajstić information content (AvgIpc) is 3.65. The van der Waals surface area contributed by atoms with Crippen molar-refractivity contribution in [2.75, 3.05) is 0 Å². The zero-order chi connectivity index (χ0) is 33.7. The number of aromatic nitrogens is 4. The lowest BCUT2D eigenvalue weighted by Gasteiger charge is -2.11. The van der Waals surface area contributed by atoms with Crippen LogP contribution in [0.5, 0.6) is 0 Å². The van der Waals surface area contributed by atoms with Crippen molar-refractivity contribution in [1.29, 1.82) is 0 Å². The average molecular weight is 653 g/mol. The van der Waals surface area contributed by atoms with E-state index in [4.69, 9.17) is 24.4 Å². The van der Waals surface area contributed by atoms with E-state index in [-0.39, 0.29) is 0 Å². The van der Waals surface area contributed by atoms with Crippen LogP contribution in [0, 0.1) is 0 Å². The van der Waals surface area contributed by atoms with Gasteiger partial charge in [-0.1, -0.05) is 127 Å². The summed E-state index contributed by atoms with van der Waals surface area (Å²) >= 11 is 0. The Hall–Kier alpha value is -6.98. The summed E-state index contributed by atoms with van der Waals surface area (Å²) in [7, 11) is 0. The zero-order valence-corrected chi connectivity index (χ0v) is 27.4. The Labute approximate surface area is 293 Å². The Morgan fingerprint density at radius 1 is 0.333 bits per heavy atom. The predicted octanol–water partition coefficient (Wildman–Crippen LogP) is 11.8. The van der Waals surface area contributed by atoms with Gasteiger partial charge in [-0.3, -0.25) is 0 Å². The quantitative estimate of drug-likeness (QED) is 0.185. The fourth-order valence-corrected chi connectivity index (χ4v) is 6.88. The maximum absolute atomic E-state index is 6.05.